The standard InChI is InChI=1S/C21H20N2O3/c1-2-3-13-23(15-16-9-5-4-6-10-16)20-17-11-7-8-12-19(17)26-21(24)18(20)14-22-25/h2-12,14,25H,13,15H2,1H3/b3-2+,22-14+. The van der Waals surface area contributed by atoms with Gasteiger partial charge in [-0.05, 0) is 24.6 Å². The predicted octanol–water partition coefficient (Wildman–Crippen LogP) is 4.18. The van der Waals surface area contributed by atoms with Gasteiger partial charge < -0.3 is 14.5 Å². The summed E-state index contributed by atoms with van der Waals surface area (Å²) in [6.07, 6.45) is 5.12. The number of nitrogens with zero attached hydrogens (tertiary/aromatic N) is 2. The molecular weight excluding hydrogens is 328 g/mol. The molecule has 0 fully saturated rings. The van der Waals surface area contributed by atoms with Gasteiger partial charge in [0, 0.05) is 18.5 Å². The fraction of sp³-hybridized carbons (Fsp3) is 0.143. The van der Waals surface area contributed by atoms with Crippen LogP contribution in [-0.4, -0.2) is 18.0 Å². The third-order valence-corrected chi connectivity index (χ3v) is 4.10. The average molecular weight is 348 g/mol. The number of hydrogen-bond donors (Lipinski definition) is 1. The minimum Gasteiger partial charge on any atom is -0.422 e. The lowest BCUT2D eigenvalue weighted by Crippen LogP contribution is -2.26. The lowest BCUT2D eigenvalue weighted by molar-refractivity contribution is 0.321. The Bertz CT molecular complexity index is 991. The van der Waals surface area contributed by atoms with E-state index in [1.165, 1.54) is 0 Å². The second-order valence-electron chi connectivity index (χ2n) is 5.83. The van der Waals surface area contributed by atoms with Crippen molar-refractivity contribution in [3.05, 3.63) is 88.3 Å². The molecule has 0 atom stereocenters. The van der Waals surface area contributed by atoms with Crippen LogP contribution in [0.2, 0.25) is 0 Å². The molecule has 0 amide bonds. The molecule has 3 aromatic rings. The van der Waals surface area contributed by atoms with Crippen LogP contribution in [0.4, 0.5) is 5.69 Å². The SMILES string of the molecule is C/C=C/CN(Cc1ccccc1)c1c(/C=N/O)c(=O)oc2ccccc12. The summed E-state index contributed by atoms with van der Waals surface area (Å²) in [5.41, 5.74) is 2.00. The Labute approximate surface area is 151 Å². The molecule has 1 N–H and O–H groups in total. The van der Waals surface area contributed by atoms with Crippen molar-refractivity contribution in [3.63, 3.8) is 0 Å². The highest BCUT2D eigenvalue weighted by atomic mass is 16.4. The molecule has 1 aromatic heterocycles. The van der Waals surface area contributed by atoms with Crippen LogP contribution in [0, 0.1) is 0 Å². The Morgan fingerprint density at radius 2 is 1.85 bits per heavy atom. The Kier molecular flexibility index (Phi) is 5.49. The highest BCUT2D eigenvalue weighted by Crippen LogP contribution is 2.29. The summed E-state index contributed by atoms with van der Waals surface area (Å²) in [5.74, 6) is 0. The van der Waals surface area contributed by atoms with Crippen LogP contribution in [0.25, 0.3) is 11.0 Å². The topological polar surface area (TPSA) is 66.0 Å². The summed E-state index contributed by atoms with van der Waals surface area (Å²) in [7, 11) is 0. The van der Waals surface area contributed by atoms with Gasteiger partial charge in [0.2, 0.25) is 0 Å². The maximum atomic E-state index is 12.5. The largest absolute Gasteiger partial charge is 0.422 e. The first-order valence-corrected chi connectivity index (χ1v) is 8.38. The summed E-state index contributed by atoms with van der Waals surface area (Å²) in [6.45, 7) is 3.16. The summed E-state index contributed by atoms with van der Waals surface area (Å²) < 4.78 is 5.39. The number of hydrogen-bond acceptors (Lipinski definition) is 5. The molecule has 0 radical (unpaired) electrons. The molecule has 0 aliphatic carbocycles. The van der Waals surface area contributed by atoms with Gasteiger partial charge in [-0.3, -0.25) is 0 Å². The van der Waals surface area contributed by atoms with Crippen molar-refractivity contribution < 1.29 is 9.62 Å². The Morgan fingerprint density at radius 1 is 1.12 bits per heavy atom. The second kappa shape index (κ2) is 8.16. The minimum absolute atomic E-state index is 0.228. The summed E-state index contributed by atoms with van der Waals surface area (Å²) >= 11 is 0. The van der Waals surface area contributed by atoms with Gasteiger partial charge >= 0.3 is 5.63 Å². The lowest BCUT2D eigenvalue weighted by Gasteiger charge is -2.26. The Hall–Kier alpha value is -3.34. The maximum Gasteiger partial charge on any atom is 0.347 e. The highest BCUT2D eigenvalue weighted by molar-refractivity contribution is 6.00. The molecule has 132 valence electrons. The molecule has 0 spiro atoms. The van der Waals surface area contributed by atoms with Gasteiger partial charge in [-0.2, -0.15) is 0 Å². The maximum absolute atomic E-state index is 12.5. The van der Waals surface area contributed by atoms with Crippen LogP contribution in [0.15, 0.2) is 81.1 Å². The minimum atomic E-state index is -0.532. The van der Waals surface area contributed by atoms with E-state index in [2.05, 4.69) is 10.1 Å². The average Bonchev–Trinajstić information content (AvgIpc) is 2.67. The smallest absolute Gasteiger partial charge is 0.347 e. The molecular formula is C21H20N2O3. The number of fused-ring (bicyclic) bond motifs is 1. The third kappa shape index (κ3) is 3.67. The fourth-order valence-corrected chi connectivity index (χ4v) is 2.93. The van der Waals surface area contributed by atoms with E-state index in [-0.39, 0.29) is 5.56 Å². The van der Waals surface area contributed by atoms with Crippen LogP contribution >= 0.6 is 0 Å². The van der Waals surface area contributed by atoms with Crippen LogP contribution in [0.5, 0.6) is 0 Å². The molecule has 0 saturated heterocycles. The predicted molar refractivity (Wildman–Crippen MR) is 104 cm³/mol. The molecule has 2 aromatic carbocycles. The zero-order valence-electron chi connectivity index (χ0n) is 14.5. The van der Waals surface area contributed by atoms with Gasteiger partial charge in [-0.1, -0.05) is 59.8 Å². The zero-order chi connectivity index (χ0) is 18.4. The van der Waals surface area contributed by atoms with E-state index in [0.29, 0.717) is 24.4 Å². The molecule has 1 heterocycles. The summed E-state index contributed by atoms with van der Waals surface area (Å²) in [5, 5.41) is 12.9. The third-order valence-electron chi connectivity index (χ3n) is 4.10. The number of para-hydroxylation sites is 1. The summed E-state index contributed by atoms with van der Waals surface area (Å²) in [6, 6.07) is 17.4. The van der Waals surface area contributed by atoms with E-state index in [1.54, 1.807) is 6.07 Å². The summed E-state index contributed by atoms with van der Waals surface area (Å²) in [4.78, 5) is 14.5. The van der Waals surface area contributed by atoms with E-state index in [0.717, 1.165) is 17.2 Å². The number of anilines is 1. The molecule has 0 unspecified atom stereocenters. The van der Waals surface area contributed by atoms with Crippen LogP contribution < -0.4 is 10.5 Å². The number of rotatable bonds is 6. The molecule has 0 bridgehead atoms. The zero-order valence-corrected chi connectivity index (χ0v) is 14.5. The van der Waals surface area contributed by atoms with E-state index in [4.69, 9.17) is 9.62 Å². The van der Waals surface area contributed by atoms with E-state index in [1.807, 2.05) is 67.6 Å². The lowest BCUT2D eigenvalue weighted by atomic mass is 10.1. The Balaban J connectivity index is 2.22. The van der Waals surface area contributed by atoms with Gasteiger partial charge in [-0.15, -0.1) is 0 Å². The first-order valence-electron chi connectivity index (χ1n) is 8.38. The van der Waals surface area contributed by atoms with Crippen molar-refractivity contribution in [1.29, 1.82) is 0 Å². The van der Waals surface area contributed by atoms with Crippen LogP contribution in [0.1, 0.15) is 18.1 Å². The normalized spacial score (nSPS) is 11.6. The second-order valence-corrected chi connectivity index (χ2v) is 5.83. The van der Waals surface area contributed by atoms with Crippen molar-refractivity contribution in [2.45, 2.75) is 13.5 Å². The van der Waals surface area contributed by atoms with Gasteiger partial charge in [0.1, 0.15) is 11.1 Å². The van der Waals surface area contributed by atoms with E-state index >= 15 is 0 Å². The van der Waals surface area contributed by atoms with Gasteiger partial charge in [-0.25, -0.2) is 4.79 Å². The number of benzene rings is 2. The van der Waals surface area contributed by atoms with Crippen LogP contribution in [0.3, 0.4) is 0 Å². The monoisotopic (exact) mass is 348 g/mol. The van der Waals surface area contributed by atoms with Crippen molar-refractivity contribution in [2.24, 2.45) is 5.16 Å². The van der Waals surface area contributed by atoms with Gasteiger partial charge in [0.25, 0.3) is 0 Å². The fourth-order valence-electron chi connectivity index (χ4n) is 2.93. The quantitative estimate of drug-likeness (QED) is 0.239. The molecule has 5 nitrogen and oxygen atoms in total. The first-order chi connectivity index (χ1) is 12.7. The van der Waals surface area contributed by atoms with Crippen molar-refractivity contribution >= 4 is 22.9 Å². The molecule has 0 saturated carbocycles. The Morgan fingerprint density at radius 3 is 2.58 bits per heavy atom. The molecule has 0 aliphatic heterocycles. The van der Waals surface area contributed by atoms with Crippen molar-refractivity contribution in [3.8, 4) is 0 Å². The van der Waals surface area contributed by atoms with Gasteiger partial charge in [0.05, 0.1) is 11.9 Å². The number of oxime groups is 1. The van der Waals surface area contributed by atoms with Gasteiger partial charge in [0.15, 0.2) is 0 Å². The van der Waals surface area contributed by atoms with Crippen LogP contribution in [-0.2, 0) is 6.54 Å². The highest BCUT2D eigenvalue weighted by Gasteiger charge is 2.19. The van der Waals surface area contributed by atoms with Crippen molar-refractivity contribution in [1.82, 2.24) is 0 Å². The molecule has 26 heavy (non-hydrogen) atoms. The van der Waals surface area contributed by atoms with E-state index in [9.17, 15) is 4.79 Å². The molecule has 5 heteroatoms. The van der Waals surface area contributed by atoms with Crippen molar-refractivity contribution in [2.75, 3.05) is 11.4 Å². The first kappa shape index (κ1) is 17.5. The van der Waals surface area contributed by atoms with E-state index < -0.39 is 5.63 Å². The molecule has 0 aliphatic rings. The number of allylic oxidation sites excluding steroid dienone is 1. The molecule has 3 rings (SSSR count).